The second-order valence-corrected chi connectivity index (χ2v) is 6.51. The first kappa shape index (κ1) is 18.5. The molecular formula is C18H28IN3O. The van der Waals surface area contributed by atoms with Crippen molar-refractivity contribution < 1.29 is 4.74 Å². The Labute approximate surface area is 156 Å². The molecule has 4 nitrogen and oxygen atoms in total. The minimum Gasteiger partial charge on any atom is -0.373 e. The zero-order chi connectivity index (χ0) is 15.2. The molecule has 1 aliphatic heterocycles. The average Bonchev–Trinajstić information content (AvgIpc) is 2.52. The Bertz CT molecular complexity index is 490. The minimum atomic E-state index is 0. The molecule has 1 aliphatic carbocycles. The van der Waals surface area contributed by atoms with Crippen molar-refractivity contribution in [1.82, 2.24) is 5.32 Å². The van der Waals surface area contributed by atoms with E-state index in [9.17, 15) is 0 Å². The smallest absolute Gasteiger partial charge is 0.188 e. The topological polar surface area (TPSA) is 59.6 Å². The van der Waals surface area contributed by atoms with Crippen LogP contribution in [-0.2, 0) is 4.74 Å². The van der Waals surface area contributed by atoms with Crippen molar-refractivity contribution in [2.24, 2.45) is 22.6 Å². The summed E-state index contributed by atoms with van der Waals surface area (Å²) in [6.45, 7) is 2.56. The van der Waals surface area contributed by atoms with Gasteiger partial charge in [-0.1, -0.05) is 36.8 Å². The maximum Gasteiger partial charge on any atom is 0.188 e. The predicted octanol–water partition coefficient (Wildman–Crippen LogP) is 3.48. The number of benzene rings is 1. The van der Waals surface area contributed by atoms with Gasteiger partial charge in [-0.05, 0) is 37.2 Å². The molecule has 1 aromatic rings. The summed E-state index contributed by atoms with van der Waals surface area (Å²) in [4.78, 5) is 4.47. The Hall–Kier alpha value is -0.820. The van der Waals surface area contributed by atoms with Crippen LogP contribution in [0.25, 0.3) is 0 Å². The zero-order valence-electron chi connectivity index (χ0n) is 13.6. The molecule has 1 heterocycles. The van der Waals surface area contributed by atoms with Crippen molar-refractivity contribution in [3.05, 3.63) is 35.9 Å². The normalized spacial score (nSPS) is 25.3. The lowest BCUT2D eigenvalue weighted by Gasteiger charge is -2.32. The number of halogens is 1. The lowest BCUT2D eigenvalue weighted by molar-refractivity contribution is -0.0265. The van der Waals surface area contributed by atoms with Crippen LogP contribution in [0.2, 0.25) is 0 Å². The second kappa shape index (κ2) is 9.47. The van der Waals surface area contributed by atoms with Gasteiger partial charge in [0.15, 0.2) is 5.96 Å². The number of guanidine groups is 1. The third kappa shape index (κ3) is 5.35. The van der Waals surface area contributed by atoms with Gasteiger partial charge in [-0.2, -0.15) is 0 Å². The third-order valence-corrected chi connectivity index (χ3v) is 4.86. The van der Waals surface area contributed by atoms with E-state index in [0.717, 1.165) is 32.0 Å². The van der Waals surface area contributed by atoms with E-state index < -0.39 is 0 Å². The number of ether oxygens (including phenoxy) is 1. The van der Waals surface area contributed by atoms with Gasteiger partial charge in [-0.3, -0.25) is 4.99 Å². The summed E-state index contributed by atoms with van der Waals surface area (Å²) in [7, 11) is 0. The summed E-state index contributed by atoms with van der Waals surface area (Å²) < 4.78 is 6.01. The summed E-state index contributed by atoms with van der Waals surface area (Å²) >= 11 is 0. The molecule has 2 fully saturated rings. The van der Waals surface area contributed by atoms with Gasteiger partial charge >= 0.3 is 0 Å². The Morgan fingerprint density at radius 3 is 2.65 bits per heavy atom. The van der Waals surface area contributed by atoms with E-state index in [1.54, 1.807) is 0 Å². The molecule has 2 unspecified atom stereocenters. The number of hydrogen-bond donors (Lipinski definition) is 2. The Balaban J connectivity index is 0.00000192. The standard InChI is InChI=1S/C18H27N3O.HI/c19-18(20-12-14-6-4-7-14)21-13-16-10-5-11-22-17(16)15-8-2-1-3-9-15;/h1-3,8-9,14,16-17H,4-7,10-13H2,(H3,19,20,21);1H. The van der Waals surface area contributed by atoms with Gasteiger partial charge in [0.05, 0.1) is 6.10 Å². The molecule has 2 aliphatic rings. The van der Waals surface area contributed by atoms with Crippen LogP contribution < -0.4 is 11.1 Å². The van der Waals surface area contributed by atoms with E-state index in [1.807, 2.05) is 6.07 Å². The van der Waals surface area contributed by atoms with Gasteiger partial charge in [-0.25, -0.2) is 0 Å². The lowest BCUT2D eigenvalue weighted by atomic mass is 9.86. The van der Waals surface area contributed by atoms with Gasteiger partial charge < -0.3 is 15.8 Å². The van der Waals surface area contributed by atoms with Crippen molar-refractivity contribution in [1.29, 1.82) is 0 Å². The minimum absolute atomic E-state index is 0. The number of nitrogens with zero attached hydrogens (tertiary/aromatic N) is 1. The van der Waals surface area contributed by atoms with Crippen molar-refractivity contribution in [3.63, 3.8) is 0 Å². The van der Waals surface area contributed by atoms with Crippen LogP contribution in [0.1, 0.15) is 43.8 Å². The fraction of sp³-hybridized carbons (Fsp3) is 0.611. The molecule has 1 saturated heterocycles. The van der Waals surface area contributed by atoms with Crippen molar-refractivity contribution in [3.8, 4) is 0 Å². The van der Waals surface area contributed by atoms with Crippen molar-refractivity contribution >= 4 is 29.9 Å². The van der Waals surface area contributed by atoms with Crippen molar-refractivity contribution in [2.45, 2.75) is 38.2 Å². The van der Waals surface area contributed by atoms with Crippen LogP contribution in [0.4, 0.5) is 0 Å². The van der Waals surface area contributed by atoms with Crippen molar-refractivity contribution in [2.75, 3.05) is 19.7 Å². The van der Waals surface area contributed by atoms with Gasteiger partial charge in [0, 0.05) is 25.6 Å². The Kier molecular flexibility index (Phi) is 7.62. The van der Waals surface area contributed by atoms with E-state index in [0.29, 0.717) is 11.9 Å². The summed E-state index contributed by atoms with van der Waals surface area (Å²) in [6.07, 6.45) is 6.43. The molecule has 1 saturated carbocycles. The van der Waals surface area contributed by atoms with Crippen LogP contribution in [0.3, 0.4) is 0 Å². The summed E-state index contributed by atoms with van der Waals surface area (Å²) in [6, 6.07) is 10.5. The average molecular weight is 429 g/mol. The number of hydrogen-bond acceptors (Lipinski definition) is 2. The van der Waals surface area contributed by atoms with E-state index in [2.05, 4.69) is 34.6 Å². The van der Waals surface area contributed by atoms with E-state index in [1.165, 1.54) is 31.2 Å². The molecule has 0 radical (unpaired) electrons. The first-order valence-electron chi connectivity index (χ1n) is 8.53. The lowest BCUT2D eigenvalue weighted by Crippen LogP contribution is -2.39. The van der Waals surface area contributed by atoms with Gasteiger partial charge in [0.1, 0.15) is 0 Å². The molecule has 128 valence electrons. The number of nitrogens with one attached hydrogen (secondary N) is 1. The number of rotatable bonds is 5. The first-order valence-corrected chi connectivity index (χ1v) is 8.53. The van der Waals surface area contributed by atoms with E-state index >= 15 is 0 Å². The summed E-state index contributed by atoms with van der Waals surface area (Å²) in [5.74, 6) is 1.80. The molecule has 0 bridgehead atoms. The molecule has 1 aromatic carbocycles. The van der Waals surface area contributed by atoms with Crippen LogP contribution in [0, 0.1) is 11.8 Å². The molecule has 0 spiro atoms. The maximum atomic E-state index is 6.01. The zero-order valence-corrected chi connectivity index (χ0v) is 15.9. The molecule has 0 aromatic heterocycles. The number of aliphatic imine (C=N–C) groups is 1. The van der Waals surface area contributed by atoms with Crippen LogP contribution in [0.5, 0.6) is 0 Å². The summed E-state index contributed by atoms with van der Waals surface area (Å²) in [5, 5.41) is 3.30. The molecular weight excluding hydrogens is 401 g/mol. The molecule has 3 N–H and O–H groups in total. The SMILES string of the molecule is I.NC(=NCC1CCC1)NCC1CCCOC1c1ccccc1. The van der Waals surface area contributed by atoms with Gasteiger partial charge in [0.25, 0.3) is 0 Å². The Morgan fingerprint density at radius 2 is 1.96 bits per heavy atom. The predicted molar refractivity (Wildman–Crippen MR) is 105 cm³/mol. The second-order valence-electron chi connectivity index (χ2n) is 6.51. The molecule has 23 heavy (non-hydrogen) atoms. The maximum absolute atomic E-state index is 6.01. The van der Waals surface area contributed by atoms with Crippen LogP contribution in [0.15, 0.2) is 35.3 Å². The Morgan fingerprint density at radius 1 is 1.17 bits per heavy atom. The quantitative estimate of drug-likeness (QED) is 0.428. The molecule has 0 amide bonds. The fourth-order valence-corrected chi connectivity index (χ4v) is 3.26. The third-order valence-electron chi connectivity index (χ3n) is 4.86. The van der Waals surface area contributed by atoms with Crippen LogP contribution in [-0.4, -0.2) is 25.7 Å². The van der Waals surface area contributed by atoms with Gasteiger partial charge in [-0.15, -0.1) is 24.0 Å². The fourth-order valence-electron chi connectivity index (χ4n) is 3.26. The number of nitrogens with two attached hydrogens (primary N) is 1. The molecule has 2 atom stereocenters. The highest BCUT2D eigenvalue weighted by Crippen LogP contribution is 2.33. The summed E-state index contributed by atoms with van der Waals surface area (Å²) in [5.41, 5.74) is 7.26. The highest BCUT2D eigenvalue weighted by atomic mass is 127. The monoisotopic (exact) mass is 429 g/mol. The van der Waals surface area contributed by atoms with Crippen LogP contribution >= 0.6 is 24.0 Å². The highest BCUT2D eigenvalue weighted by molar-refractivity contribution is 14.0. The first-order chi connectivity index (χ1) is 10.8. The van der Waals surface area contributed by atoms with E-state index in [4.69, 9.17) is 10.5 Å². The molecule has 5 heteroatoms. The van der Waals surface area contributed by atoms with E-state index in [-0.39, 0.29) is 30.1 Å². The van der Waals surface area contributed by atoms with Gasteiger partial charge in [0.2, 0.25) is 0 Å². The molecule has 3 rings (SSSR count). The largest absolute Gasteiger partial charge is 0.373 e. The highest BCUT2D eigenvalue weighted by Gasteiger charge is 2.27.